The highest BCUT2D eigenvalue weighted by atomic mass is 35.5. The summed E-state index contributed by atoms with van der Waals surface area (Å²) in [6.45, 7) is 5.22. The molecule has 0 radical (unpaired) electrons. The van der Waals surface area contributed by atoms with Crippen molar-refractivity contribution >= 4 is 41.0 Å². The van der Waals surface area contributed by atoms with Crippen LogP contribution in [0.25, 0.3) is 6.08 Å². The fourth-order valence-corrected chi connectivity index (χ4v) is 5.10. The second-order valence-corrected chi connectivity index (χ2v) is 9.30. The second-order valence-electron chi connectivity index (χ2n) is 7.86. The molecule has 1 aliphatic rings. The first kappa shape index (κ1) is 25.4. The van der Waals surface area contributed by atoms with Crippen LogP contribution < -0.4 is 24.4 Å². The molecule has 10 heteroatoms. The van der Waals surface area contributed by atoms with Gasteiger partial charge in [0.15, 0.2) is 16.3 Å². The molecular weight excluding hydrogens is 504 g/mol. The number of ether oxygens (including phenoxy) is 3. The Bertz CT molecular complexity index is 1550. The first-order chi connectivity index (χ1) is 17.2. The molecule has 2 aromatic carbocycles. The zero-order chi connectivity index (χ0) is 26.0. The number of carbonyl (C=O) groups excluding carboxylic acids is 2. The number of hydrogen-bond acceptors (Lipinski definition) is 8. The van der Waals surface area contributed by atoms with E-state index in [9.17, 15) is 14.4 Å². The molecular formula is C26H23ClN2O6S. The van der Waals surface area contributed by atoms with Crippen molar-refractivity contribution in [3.05, 3.63) is 89.6 Å². The molecule has 3 aromatic rings. The standard InChI is InChI=1S/C26H23ClN2O6S/c1-5-34-20-12-16(6-11-19(20)35-15(3)30)13-21-24(31)29-23(17-7-9-18(27)10-8-17)22(25(32)33-4)14(2)28-26(29)36-21/h6-13,23H,5H2,1-4H3/b21-13+/t23-/m1/s1. The summed E-state index contributed by atoms with van der Waals surface area (Å²) < 4.78 is 17.7. The molecule has 0 aliphatic carbocycles. The molecule has 2 heterocycles. The Morgan fingerprint density at radius 2 is 1.89 bits per heavy atom. The third-order valence-electron chi connectivity index (χ3n) is 5.43. The Morgan fingerprint density at radius 1 is 1.17 bits per heavy atom. The van der Waals surface area contributed by atoms with Gasteiger partial charge in [-0.15, -0.1) is 0 Å². The molecule has 0 amide bonds. The highest BCUT2D eigenvalue weighted by Gasteiger charge is 2.33. The molecule has 0 unspecified atom stereocenters. The number of thiazole rings is 1. The summed E-state index contributed by atoms with van der Waals surface area (Å²) in [5.74, 6) is -0.343. The van der Waals surface area contributed by atoms with Gasteiger partial charge in [-0.2, -0.15) is 0 Å². The second kappa shape index (κ2) is 10.5. The van der Waals surface area contributed by atoms with Crippen LogP contribution in [0.1, 0.15) is 37.9 Å². The highest BCUT2D eigenvalue weighted by molar-refractivity contribution is 7.07. The fourth-order valence-electron chi connectivity index (χ4n) is 3.93. The molecule has 0 fully saturated rings. The van der Waals surface area contributed by atoms with Crippen molar-refractivity contribution < 1.29 is 23.8 Å². The maximum Gasteiger partial charge on any atom is 0.338 e. The van der Waals surface area contributed by atoms with Gasteiger partial charge in [0, 0.05) is 11.9 Å². The van der Waals surface area contributed by atoms with Crippen molar-refractivity contribution in [1.82, 2.24) is 4.57 Å². The zero-order valence-corrected chi connectivity index (χ0v) is 21.6. The lowest BCUT2D eigenvalue weighted by molar-refractivity contribution is -0.136. The van der Waals surface area contributed by atoms with Crippen LogP contribution in [0.4, 0.5) is 0 Å². The van der Waals surface area contributed by atoms with Gasteiger partial charge in [0.2, 0.25) is 0 Å². The van der Waals surface area contributed by atoms with E-state index >= 15 is 0 Å². The van der Waals surface area contributed by atoms with E-state index in [1.807, 2.05) is 6.92 Å². The Hall–Kier alpha value is -3.69. The quantitative estimate of drug-likeness (QED) is 0.361. The van der Waals surface area contributed by atoms with Crippen LogP contribution in [0.5, 0.6) is 11.5 Å². The first-order valence-corrected chi connectivity index (χ1v) is 12.2. The summed E-state index contributed by atoms with van der Waals surface area (Å²) in [6.07, 6.45) is 1.71. The highest BCUT2D eigenvalue weighted by Crippen LogP contribution is 2.31. The van der Waals surface area contributed by atoms with Gasteiger partial charge < -0.3 is 14.2 Å². The van der Waals surface area contributed by atoms with Crippen LogP contribution in [0, 0.1) is 0 Å². The predicted octanol–water partition coefficient (Wildman–Crippen LogP) is 3.39. The Balaban J connectivity index is 1.89. The van der Waals surface area contributed by atoms with E-state index in [1.165, 1.54) is 29.9 Å². The summed E-state index contributed by atoms with van der Waals surface area (Å²) >= 11 is 7.28. The number of methoxy groups -OCH3 is 1. The molecule has 1 atom stereocenters. The van der Waals surface area contributed by atoms with Crippen molar-refractivity contribution in [2.24, 2.45) is 4.99 Å². The van der Waals surface area contributed by atoms with Crippen LogP contribution in [0.2, 0.25) is 5.02 Å². The van der Waals surface area contributed by atoms with Crippen molar-refractivity contribution in [3.8, 4) is 11.5 Å². The molecule has 186 valence electrons. The van der Waals surface area contributed by atoms with Crippen molar-refractivity contribution in [2.45, 2.75) is 26.8 Å². The lowest BCUT2D eigenvalue weighted by atomic mass is 9.96. The number of carbonyl (C=O) groups is 2. The lowest BCUT2D eigenvalue weighted by Gasteiger charge is -2.24. The molecule has 1 aliphatic heterocycles. The van der Waals surface area contributed by atoms with E-state index < -0.39 is 18.0 Å². The molecule has 0 saturated carbocycles. The minimum atomic E-state index is -0.724. The van der Waals surface area contributed by atoms with Crippen molar-refractivity contribution in [3.63, 3.8) is 0 Å². The monoisotopic (exact) mass is 526 g/mol. The van der Waals surface area contributed by atoms with Crippen LogP contribution in [0.15, 0.2) is 63.5 Å². The number of benzene rings is 2. The Morgan fingerprint density at radius 3 is 2.53 bits per heavy atom. The molecule has 36 heavy (non-hydrogen) atoms. The largest absolute Gasteiger partial charge is 0.490 e. The first-order valence-electron chi connectivity index (χ1n) is 11.0. The topological polar surface area (TPSA) is 96.2 Å². The van der Waals surface area contributed by atoms with E-state index in [0.717, 1.165) is 0 Å². The van der Waals surface area contributed by atoms with Crippen molar-refractivity contribution in [1.29, 1.82) is 0 Å². The number of fused-ring (bicyclic) bond motifs is 1. The maximum atomic E-state index is 13.6. The number of hydrogen-bond donors (Lipinski definition) is 0. The van der Waals surface area contributed by atoms with E-state index in [2.05, 4.69) is 4.99 Å². The van der Waals surface area contributed by atoms with Crippen molar-refractivity contribution in [2.75, 3.05) is 13.7 Å². The summed E-state index contributed by atoms with van der Waals surface area (Å²) in [5.41, 5.74) is 1.81. The molecule has 0 saturated heterocycles. The molecule has 8 nitrogen and oxygen atoms in total. The van der Waals surface area contributed by atoms with Gasteiger partial charge in [-0.05, 0) is 55.3 Å². The van der Waals surface area contributed by atoms with E-state index in [-0.39, 0.29) is 11.1 Å². The van der Waals surface area contributed by atoms with Gasteiger partial charge in [-0.1, -0.05) is 41.1 Å². The van der Waals surface area contributed by atoms with Gasteiger partial charge in [0.1, 0.15) is 0 Å². The third kappa shape index (κ3) is 4.98. The number of esters is 2. The van der Waals surface area contributed by atoms with Gasteiger partial charge in [-0.3, -0.25) is 14.2 Å². The summed E-state index contributed by atoms with van der Waals surface area (Å²) in [5, 5.41) is 0.536. The molecule has 0 spiro atoms. The smallest absolute Gasteiger partial charge is 0.338 e. The van der Waals surface area contributed by atoms with Crippen LogP contribution in [-0.4, -0.2) is 30.2 Å². The molecule has 1 aromatic heterocycles. The average molecular weight is 527 g/mol. The minimum absolute atomic E-state index is 0.281. The summed E-state index contributed by atoms with van der Waals surface area (Å²) in [6, 6.07) is 11.3. The van der Waals surface area contributed by atoms with E-state index in [1.54, 1.807) is 55.5 Å². The summed E-state index contributed by atoms with van der Waals surface area (Å²) in [7, 11) is 1.29. The molecule has 0 N–H and O–H groups in total. The lowest BCUT2D eigenvalue weighted by Crippen LogP contribution is -2.39. The van der Waals surface area contributed by atoms with Crippen LogP contribution >= 0.6 is 22.9 Å². The van der Waals surface area contributed by atoms with Crippen LogP contribution in [-0.2, 0) is 14.3 Å². The summed E-state index contributed by atoms with van der Waals surface area (Å²) in [4.78, 5) is 42.8. The third-order valence-corrected chi connectivity index (χ3v) is 6.67. The predicted molar refractivity (Wildman–Crippen MR) is 136 cm³/mol. The Kier molecular flexibility index (Phi) is 7.42. The van der Waals surface area contributed by atoms with Gasteiger partial charge in [-0.25, -0.2) is 9.79 Å². The number of rotatable bonds is 6. The number of halogens is 1. The zero-order valence-electron chi connectivity index (χ0n) is 20.0. The Labute approximate surface area is 215 Å². The number of nitrogens with zero attached hydrogens (tertiary/aromatic N) is 2. The van der Waals surface area contributed by atoms with Crippen LogP contribution in [0.3, 0.4) is 0 Å². The van der Waals surface area contributed by atoms with Gasteiger partial charge >= 0.3 is 11.9 Å². The van der Waals surface area contributed by atoms with Gasteiger partial charge in [0.25, 0.3) is 5.56 Å². The average Bonchev–Trinajstić information content (AvgIpc) is 3.14. The minimum Gasteiger partial charge on any atom is -0.490 e. The van der Waals surface area contributed by atoms with E-state index in [0.29, 0.717) is 49.3 Å². The maximum absolute atomic E-state index is 13.6. The van der Waals surface area contributed by atoms with E-state index in [4.69, 9.17) is 25.8 Å². The normalized spacial score (nSPS) is 15.2. The number of allylic oxidation sites excluding steroid dienone is 1. The number of aromatic nitrogens is 1. The fraction of sp³-hybridized carbons (Fsp3) is 0.231. The van der Waals surface area contributed by atoms with Gasteiger partial charge in [0.05, 0.1) is 35.6 Å². The molecule has 0 bridgehead atoms. The SMILES string of the molecule is CCOc1cc(/C=c2/sc3n(c2=O)[C@H](c2ccc(Cl)cc2)C(C(=O)OC)=C(C)N=3)ccc1OC(C)=O. The molecule has 4 rings (SSSR count).